The normalized spacial score (nSPS) is 11.2. The van der Waals surface area contributed by atoms with E-state index in [0.29, 0.717) is 4.90 Å². The fraction of sp³-hybridized carbons (Fsp3) is 0.500. The molecule has 9 nitrogen and oxygen atoms in total. The number of amides is 2. The standard InChI is InChI=1S/C18H23N3O6/c1-17(2,3)26-15(23)21(16(24)27-18(4,5)6)13-11(9-19)8-12(10-20-13)14(22)25-7/h8,10H,1-7H3. The van der Waals surface area contributed by atoms with E-state index < -0.39 is 29.4 Å². The van der Waals surface area contributed by atoms with Crippen LogP contribution in [0.5, 0.6) is 0 Å². The van der Waals surface area contributed by atoms with E-state index in [1.165, 1.54) is 7.11 Å². The lowest BCUT2D eigenvalue weighted by atomic mass is 10.2. The van der Waals surface area contributed by atoms with Crippen molar-refractivity contribution in [1.82, 2.24) is 4.98 Å². The lowest BCUT2D eigenvalue weighted by molar-refractivity contribution is 0.0428. The number of aromatic nitrogens is 1. The fourth-order valence-electron chi connectivity index (χ4n) is 1.81. The van der Waals surface area contributed by atoms with E-state index in [1.807, 2.05) is 0 Å². The lowest BCUT2D eigenvalue weighted by Crippen LogP contribution is -2.44. The molecule has 9 heteroatoms. The molecule has 0 spiro atoms. The molecule has 0 atom stereocenters. The van der Waals surface area contributed by atoms with Crippen LogP contribution in [0.1, 0.15) is 57.5 Å². The van der Waals surface area contributed by atoms with Crippen LogP contribution in [0.15, 0.2) is 12.3 Å². The zero-order chi connectivity index (χ0) is 21.0. The quantitative estimate of drug-likeness (QED) is 0.568. The molecular formula is C18H23N3O6. The van der Waals surface area contributed by atoms with E-state index >= 15 is 0 Å². The maximum atomic E-state index is 12.6. The summed E-state index contributed by atoms with van der Waals surface area (Å²) < 4.78 is 15.0. The molecule has 1 heterocycles. The number of carbonyl (C=O) groups is 3. The summed E-state index contributed by atoms with van der Waals surface area (Å²) in [5, 5.41) is 9.40. The molecule has 2 amide bonds. The number of rotatable bonds is 2. The number of hydrogen-bond acceptors (Lipinski definition) is 8. The first-order valence-electron chi connectivity index (χ1n) is 8.03. The minimum atomic E-state index is -1.06. The number of anilines is 1. The number of carbonyl (C=O) groups excluding carboxylic acids is 3. The van der Waals surface area contributed by atoms with Crippen LogP contribution in [0.25, 0.3) is 0 Å². The van der Waals surface area contributed by atoms with Crippen molar-refractivity contribution in [3.63, 3.8) is 0 Å². The molecular weight excluding hydrogens is 354 g/mol. The zero-order valence-electron chi connectivity index (χ0n) is 16.4. The summed E-state index contributed by atoms with van der Waals surface area (Å²) in [5.41, 5.74) is -2.02. The maximum Gasteiger partial charge on any atom is 0.425 e. The molecule has 1 aromatic rings. The van der Waals surface area contributed by atoms with Crippen LogP contribution in [0.4, 0.5) is 15.4 Å². The second-order valence-corrected chi connectivity index (χ2v) is 7.49. The molecule has 0 aliphatic rings. The zero-order valence-corrected chi connectivity index (χ0v) is 16.4. The molecule has 0 saturated heterocycles. The Morgan fingerprint density at radius 2 is 1.52 bits per heavy atom. The van der Waals surface area contributed by atoms with E-state index in [9.17, 15) is 19.6 Å². The molecule has 1 rings (SSSR count). The molecule has 0 saturated carbocycles. The van der Waals surface area contributed by atoms with Crippen molar-refractivity contribution in [3.8, 4) is 6.07 Å². The van der Waals surface area contributed by atoms with Crippen molar-refractivity contribution in [2.45, 2.75) is 52.7 Å². The molecule has 0 unspecified atom stereocenters. The van der Waals surface area contributed by atoms with Gasteiger partial charge < -0.3 is 14.2 Å². The summed E-state index contributed by atoms with van der Waals surface area (Å²) in [4.78, 5) is 41.3. The molecule has 0 aromatic carbocycles. The molecule has 0 N–H and O–H groups in total. The van der Waals surface area contributed by atoms with Gasteiger partial charge in [-0.1, -0.05) is 0 Å². The lowest BCUT2D eigenvalue weighted by Gasteiger charge is -2.28. The molecule has 27 heavy (non-hydrogen) atoms. The van der Waals surface area contributed by atoms with Crippen LogP contribution in [0.3, 0.4) is 0 Å². The summed E-state index contributed by atoms with van der Waals surface area (Å²) >= 11 is 0. The number of esters is 1. The number of ether oxygens (including phenoxy) is 3. The van der Waals surface area contributed by atoms with Crippen LogP contribution >= 0.6 is 0 Å². The van der Waals surface area contributed by atoms with E-state index in [4.69, 9.17) is 9.47 Å². The van der Waals surface area contributed by atoms with Crippen molar-refractivity contribution in [2.75, 3.05) is 12.0 Å². The van der Waals surface area contributed by atoms with Gasteiger partial charge in [0.25, 0.3) is 0 Å². The minimum absolute atomic E-state index is 0.00822. The van der Waals surface area contributed by atoms with Gasteiger partial charge in [-0.15, -0.1) is 0 Å². The third-order valence-corrected chi connectivity index (χ3v) is 2.77. The minimum Gasteiger partial charge on any atom is -0.465 e. The Morgan fingerprint density at radius 3 is 1.89 bits per heavy atom. The van der Waals surface area contributed by atoms with Gasteiger partial charge in [-0.2, -0.15) is 10.2 Å². The molecule has 146 valence electrons. The number of imide groups is 1. The van der Waals surface area contributed by atoms with Gasteiger partial charge in [0, 0.05) is 6.20 Å². The fourth-order valence-corrected chi connectivity index (χ4v) is 1.81. The van der Waals surface area contributed by atoms with Gasteiger partial charge in [0.2, 0.25) is 0 Å². The summed E-state index contributed by atoms with van der Waals surface area (Å²) in [6, 6.07) is 2.97. The highest BCUT2D eigenvalue weighted by atomic mass is 16.6. The largest absolute Gasteiger partial charge is 0.465 e. The number of methoxy groups -OCH3 is 1. The van der Waals surface area contributed by atoms with Crippen LogP contribution in [-0.2, 0) is 14.2 Å². The second kappa shape index (κ2) is 8.03. The van der Waals surface area contributed by atoms with Crippen LogP contribution in [-0.4, -0.2) is 41.5 Å². The van der Waals surface area contributed by atoms with E-state index in [-0.39, 0.29) is 16.9 Å². The van der Waals surface area contributed by atoms with Gasteiger partial charge in [-0.05, 0) is 47.6 Å². The van der Waals surface area contributed by atoms with Crippen LogP contribution < -0.4 is 4.90 Å². The molecule has 0 aliphatic carbocycles. The first-order valence-corrected chi connectivity index (χ1v) is 8.03. The van der Waals surface area contributed by atoms with Crippen LogP contribution in [0, 0.1) is 11.3 Å². The van der Waals surface area contributed by atoms with Gasteiger partial charge in [-0.3, -0.25) is 0 Å². The highest BCUT2D eigenvalue weighted by Gasteiger charge is 2.35. The summed E-state index contributed by atoms with van der Waals surface area (Å²) in [6.45, 7) is 9.73. The third kappa shape index (κ3) is 6.26. The Morgan fingerprint density at radius 1 is 1.04 bits per heavy atom. The van der Waals surface area contributed by atoms with Crippen molar-refractivity contribution in [1.29, 1.82) is 5.26 Å². The Bertz CT molecular complexity index is 756. The molecule has 0 aliphatic heterocycles. The highest BCUT2D eigenvalue weighted by Crippen LogP contribution is 2.24. The van der Waals surface area contributed by atoms with E-state index in [2.05, 4.69) is 9.72 Å². The van der Waals surface area contributed by atoms with Crippen LogP contribution in [0.2, 0.25) is 0 Å². The maximum absolute atomic E-state index is 12.6. The van der Waals surface area contributed by atoms with Crippen molar-refractivity contribution in [3.05, 3.63) is 23.4 Å². The average molecular weight is 377 g/mol. The third-order valence-electron chi connectivity index (χ3n) is 2.77. The SMILES string of the molecule is COC(=O)c1cnc(N(C(=O)OC(C)(C)C)C(=O)OC(C)(C)C)c(C#N)c1. The van der Waals surface area contributed by atoms with Gasteiger partial charge in [0.15, 0.2) is 5.82 Å². The smallest absolute Gasteiger partial charge is 0.425 e. The number of hydrogen-bond donors (Lipinski definition) is 0. The average Bonchev–Trinajstić information content (AvgIpc) is 2.51. The predicted molar refractivity (Wildman–Crippen MR) is 95.2 cm³/mol. The van der Waals surface area contributed by atoms with Gasteiger partial charge in [0.05, 0.1) is 18.2 Å². The van der Waals surface area contributed by atoms with Crippen molar-refractivity contribution in [2.24, 2.45) is 0 Å². The Balaban J connectivity index is 3.46. The first-order chi connectivity index (χ1) is 12.3. The highest BCUT2D eigenvalue weighted by molar-refractivity contribution is 6.09. The van der Waals surface area contributed by atoms with E-state index in [0.717, 1.165) is 12.3 Å². The summed E-state index contributed by atoms with van der Waals surface area (Å²) in [7, 11) is 1.18. The Labute approximate surface area is 157 Å². The van der Waals surface area contributed by atoms with Gasteiger partial charge in [-0.25, -0.2) is 19.4 Å². The number of nitrogens with zero attached hydrogens (tertiary/aromatic N) is 3. The molecule has 0 fully saturated rings. The molecule has 1 aromatic heterocycles. The van der Waals surface area contributed by atoms with Crippen molar-refractivity contribution < 1.29 is 28.6 Å². The summed E-state index contributed by atoms with van der Waals surface area (Å²) in [6.07, 6.45) is -1.04. The first kappa shape index (κ1) is 21.9. The number of pyridine rings is 1. The van der Waals surface area contributed by atoms with Gasteiger partial charge in [0.1, 0.15) is 17.3 Å². The van der Waals surface area contributed by atoms with E-state index in [1.54, 1.807) is 47.6 Å². The Kier molecular flexibility index (Phi) is 6.51. The predicted octanol–water partition coefficient (Wildman–Crippen LogP) is 3.42. The summed E-state index contributed by atoms with van der Waals surface area (Å²) in [5.74, 6) is -1.03. The second-order valence-electron chi connectivity index (χ2n) is 7.49. The molecule has 0 radical (unpaired) electrons. The number of nitriles is 1. The van der Waals surface area contributed by atoms with Crippen molar-refractivity contribution >= 4 is 24.0 Å². The van der Waals surface area contributed by atoms with Gasteiger partial charge >= 0.3 is 18.2 Å². The Hall–Kier alpha value is -3.15. The monoisotopic (exact) mass is 377 g/mol. The molecule has 0 bridgehead atoms. The topological polar surface area (TPSA) is 119 Å².